The lowest BCUT2D eigenvalue weighted by Gasteiger charge is -2.61. The standard InChI is InChI=1S/C45H76O19/c1-19(17-58-40-37(54)34(51)31(48)27(15-46)61-40)7-12-45(57)20(2)30-26(64-45)14-25-23-6-5-21-13-22(8-10-43(21,3)24(23)9-11-44(25,30)4)60-42-39(56)36(53)33(50)29(63-42)18-59-41-38(55)35(52)32(49)28(16-47)62-41/h19-42,46-57H,5-18H2,1-4H3/t19-,20+,21?,22?,23?,24?,25?,26?,27-,28-,29-,30?,31-,32-,33-,34+,35+,36+,37-,38-,39-,40-,41-,42-,43?,44?,45-/m1/s1. The molecule has 370 valence electrons. The maximum Gasteiger partial charge on any atom is 0.186 e. The van der Waals surface area contributed by atoms with Crippen molar-refractivity contribution in [1.82, 2.24) is 0 Å². The molecule has 0 bridgehead atoms. The van der Waals surface area contributed by atoms with Gasteiger partial charge in [-0.2, -0.15) is 0 Å². The van der Waals surface area contributed by atoms with E-state index < -0.39 is 118 Å². The maximum atomic E-state index is 12.0. The molecule has 0 aromatic carbocycles. The Hall–Kier alpha value is -0.760. The topological polar surface area (TPSA) is 307 Å². The molecule has 4 saturated carbocycles. The Labute approximate surface area is 374 Å². The third-order valence-electron chi connectivity index (χ3n) is 18.0. The van der Waals surface area contributed by atoms with Gasteiger partial charge in [-0.1, -0.05) is 27.7 Å². The second-order valence-corrected chi connectivity index (χ2v) is 21.5. The van der Waals surface area contributed by atoms with E-state index in [2.05, 4.69) is 20.8 Å². The number of fused-ring (bicyclic) bond motifs is 7. The van der Waals surface area contributed by atoms with E-state index in [1.165, 1.54) is 0 Å². The number of hydrogen-bond donors (Lipinski definition) is 12. The van der Waals surface area contributed by atoms with Gasteiger partial charge in [0, 0.05) is 12.3 Å². The van der Waals surface area contributed by atoms with E-state index in [9.17, 15) is 61.3 Å². The van der Waals surface area contributed by atoms with Crippen molar-refractivity contribution < 1.29 is 94.4 Å². The second-order valence-electron chi connectivity index (χ2n) is 21.5. The molecule has 0 aromatic heterocycles. The van der Waals surface area contributed by atoms with Crippen molar-refractivity contribution in [3.05, 3.63) is 0 Å². The van der Waals surface area contributed by atoms with Crippen LogP contribution in [0.25, 0.3) is 0 Å². The van der Waals surface area contributed by atoms with E-state index in [-0.39, 0.29) is 47.4 Å². The van der Waals surface area contributed by atoms with Crippen molar-refractivity contribution >= 4 is 0 Å². The van der Waals surface area contributed by atoms with Gasteiger partial charge < -0.3 is 94.4 Å². The maximum absolute atomic E-state index is 12.0. The van der Waals surface area contributed by atoms with Crippen LogP contribution in [0.15, 0.2) is 0 Å². The normalized spacial score (nSPS) is 55.6. The number of aliphatic hydroxyl groups excluding tert-OH is 11. The summed E-state index contributed by atoms with van der Waals surface area (Å²) in [6, 6.07) is 0. The van der Waals surface area contributed by atoms with Crippen LogP contribution in [0.3, 0.4) is 0 Å². The average molecular weight is 921 g/mol. The first-order chi connectivity index (χ1) is 30.3. The Morgan fingerprint density at radius 2 is 1.19 bits per heavy atom. The number of aliphatic hydroxyl groups is 12. The van der Waals surface area contributed by atoms with Crippen molar-refractivity contribution in [1.29, 1.82) is 0 Å². The molecule has 12 N–H and O–H groups in total. The molecule has 27 atom stereocenters. The van der Waals surface area contributed by atoms with Gasteiger partial charge in [0.25, 0.3) is 0 Å². The molecule has 0 spiro atoms. The number of ether oxygens (including phenoxy) is 7. The van der Waals surface area contributed by atoms with Gasteiger partial charge in [0.1, 0.15) is 73.2 Å². The van der Waals surface area contributed by atoms with Gasteiger partial charge in [-0.3, -0.25) is 0 Å². The lowest BCUT2D eigenvalue weighted by molar-refractivity contribution is -0.338. The third kappa shape index (κ3) is 8.76. The summed E-state index contributed by atoms with van der Waals surface area (Å²) < 4.78 is 41.3. The zero-order chi connectivity index (χ0) is 46.2. The van der Waals surface area contributed by atoms with Crippen molar-refractivity contribution in [2.24, 2.45) is 52.3 Å². The van der Waals surface area contributed by atoms with Crippen LogP contribution in [0.5, 0.6) is 0 Å². The van der Waals surface area contributed by atoms with E-state index in [1.54, 1.807) is 0 Å². The first-order valence-corrected chi connectivity index (χ1v) is 23.9. The van der Waals surface area contributed by atoms with E-state index >= 15 is 0 Å². The minimum atomic E-state index is -1.66. The molecule has 0 radical (unpaired) electrons. The van der Waals surface area contributed by atoms with Gasteiger partial charge in [-0.25, -0.2) is 0 Å². The molecule has 0 amide bonds. The van der Waals surface area contributed by atoms with Crippen LogP contribution in [0.2, 0.25) is 0 Å². The van der Waals surface area contributed by atoms with E-state index in [0.29, 0.717) is 36.5 Å². The molecule has 19 nitrogen and oxygen atoms in total. The summed E-state index contributed by atoms with van der Waals surface area (Å²) in [6.07, 6.45) is -13.2. The summed E-state index contributed by atoms with van der Waals surface area (Å²) in [5.74, 6) is 0.654. The molecule has 4 heterocycles. The van der Waals surface area contributed by atoms with Gasteiger partial charge >= 0.3 is 0 Å². The van der Waals surface area contributed by atoms with Crippen LogP contribution in [0.4, 0.5) is 0 Å². The Bertz CT molecular complexity index is 1560. The first kappa shape index (κ1) is 49.7. The fraction of sp³-hybridized carbons (Fsp3) is 1.00. The third-order valence-corrected chi connectivity index (χ3v) is 18.0. The molecule has 9 unspecified atom stereocenters. The number of hydrogen-bond acceptors (Lipinski definition) is 19. The molecule has 64 heavy (non-hydrogen) atoms. The fourth-order valence-corrected chi connectivity index (χ4v) is 14.1. The van der Waals surface area contributed by atoms with E-state index in [0.717, 1.165) is 51.4 Å². The minimum absolute atomic E-state index is 0.0139. The highest BCUT2D eigenvalue weighted by atomic mass is 16.7. The average Bonchev–Trinajstić information content (AvgIpc) is 3.71. The molecular formula is C45H76O19. The highest BCUT2D eigenvalue weighted by Crippen LogP contribution is 2.71. The van der Waals surface area contributed by atoms with E-state index in [4.69, 9.17) is 33.2 Å². The Morgan fingerprint density at radius 1 is 0.625 bits per heavy atom. The Kier molecular flexibility index (Phi) is 14.9. The molecule has 0 aromatic rings. The van der Waals surface area contributed by atoms with Gasteiger partial charge in [-0.05, 0) is 104 Å². The number of rotatable bonds is 13. The first-order valence-electron chi connectivity index (χ1n) is 23.9. The summed E-state index contributed by atoms with van der Waals surface area (Å²) >= 11 is 0. The van der Waals surface area contributed by atoms with Crippen molar-refractivity contribution in [3.8, 4) is 0 Å². The minimum Gasteiger partial charge on any atom is -0.394 e. The summed E-state index contributed by atoms with van der Waals surface area (Å²) in [7, 11) is 0. The molecular weight excluding hydrogens is 844 g/mol. The van der Waals surface area contributed by atoms with Crippen LogP contribution < -0.4 is 0 Å². The largest absolute Gasteiger partial charge is 0.394 e. The van der Waals surface area contributed by atoms with Gasteiger partial charge in [0.2, 0.25) is 0 Å². The quantitative estimate of drug-likeness (QED) is 0.0909. The zero-order valence-electron chi connectivity index (χ0n) is 37.5. The smallest absolute Gasteiger partial charge is 0.186 e. The van der Waals surface area contributed by atoms with Gasteiger partial charge in [0.15, 0.2) is 24.7 Å². The highest BCUT2D eigenvalue weighted by Gasteiger charge is 2.68. The Balaban J connectivity index is 0.833. The molecule has 4 aliphatic carbocycles. The lowest BCUT2D eigenvalue weighted by atomic mass is 9.44. The second kappa shape index (κ2) is 19.2. The predicted molar refractivity (Wildman–Crippen MR) is 219 cm³/mol. The predicted octanol–water partition coefficient (Wildman–Crippen LogP) is -1.78. The van der Waals surface area contributed by atoms with Crippen molar-refractivity contribution in [2.75, 3.05) is 26.4 Å². The van der Waals surface area contributed by atoms with Crippen LogP contribution in [-0.4, -0.2) is 198 Å². The zero-order valence-corrected chi connectivity index (χ0v) is 37.5. The SMILES string of the molecule is C[C@H](CC[C@@]1(O)OC2CC3C4CCC5CC(O[C@@H]6O[C@H](CO[C@@H]7O[C@H](CO)[C@@H](O)[C@H](O)[C@H]7O)[C@@H](O)[C@H](O)[C@H]6O)CCC5(C)C4CCC3(C)C2[C@@H]1C)CO[C@@H]1O[C@H](CO)[C@@H](O)[C@H](O)[C@H]1O. The summed E-state index contributed by atoms with van der Waals surface area (Å²) in [5.41, 5.74) is 0.0896. The molecule has 8 aliphatic rings. The summed E-state index contributed by atoms with van der Waals surface area (Å²) in [4.78, 5) is 0. The van der Waals surface area contributed by atoms with Crippen molar-refractivity contribution in [2.45, 2.75) is 202 Å². The molecule has 8 rings (SSSR count). The van der Waals surface area contributed by atoms with Crippen LogP contribution in [0, 0.1) is 52.3 Å². The van der Waals surface area contributed by atoms with Crippen LogP contribution >= 0.6 is 0 Å². The molecule has 19 heteroatoms. The van der Waals surface area contributed by atoms with Crippen LogP contribution in [0.1, 0.15) is 91.9 Å². The van der Waals surface area contributed by atoms with Gasteiger partial charge in [-0.15, -0.1) is 0 Å². The van der Waals surface area contributed by atoms with E-state index in [1.807, 2.05) is 6.92 Å². The Morgan fingerprint density at radius 3 is 1.81 bits per heavy atom. The molecule has 4 saturated heterocycles. The molecule has 4 aliphatic heterocycles. The summed E-state index contributed by atoms with van der Waals surface area (Å²) in [5, 5.41) is 125. The highest BCUT2D eigenvalue weighted by molar-refractivity contribution is 5.15. The monoisotopic (exact) mass is 920 g/mol. The molecule has 8 fully saturated rings. The fourth-order valence-electron chi connectivity index (χ4n) is 14.1. The van der Waals surface area contributed by atoms with Crippen molar-refractivity contribution in [3.63, 3.8) is 0 Å². The van der Waals surface area contributed by atoms with Crippen LogP contribution in [-0.2, 0) is 33.2 Å². The summed E-state index contributed by atoms with van der Waals surface area (Å²) in [6.45, 7) is 7.53. The van der Waals surface area contributed by atoms with Gasteiger partial charge in [0.05, 0.1) is 38.6 Å². The lowest BCUT2D eigenvalue weighted by Crippen LogP contribution is -2.62.